The normalized spacial score (nSPS) is 12.2. The van der Waals surface area contributed by atoms with E-state index >= 15 is 0 Å². The Labute approximate surface area is 295 Å². The van der Waals surface area contributed by atoms with Crippen LogP contribution in [0.3, 0.4) is 0 Å². The first-order chi connectivity index (χ1) is 25.6. The van der Waals surface area contributed by atoms with Crippen molar-refractivity contribution >= 4 is 53.3 Å². The van der Waals surface area contributed by atoms with Crippen LogP contribution in [-0.2, 0) is 0 Å². The van der Waals surface area contributed by atoms with E-state index in [1.54, 1.807) is 11.3 Å². The van der Waals surface area contributed by atoms with Crippen molar-refractivity contribution in [2.75, 3.05) is 0 Å². The summed E-state index contributed by atoms with van der Waals surface area (Å²) in [5.41, 5.74) is 6.95. The van der Waals surface area contributed by atoms with Crippen LogP contribution in [0.1, 0.15) is 2.74 Å². The topological polar surface area (TPSA) is 43.6 Å². The van der Waals surface area contributed by atoms with Gasteiger partial charge in [-0.15, -0.1) is 11.3 Å². The van der Waals surface area contributed by atoms with Crippen molar-refractivity contribution in [3.05, 3.63) is 170 Å². The molecule has 0 bridgehead atoms. The molecular weight excluding hydrogens is 629 g/mol. The third-order valence-corrected chi connectivity index (χ3v) is 10.5. The number of fused-ring (bicyclic) bond motifs is 6. The zero-order valence-corrected chi connectivity index (χ0v) is 27.5. The predicted molar refractivity (Wildman–Crippen MR) is 209 cm³/mol. The zero-order chi connectivity index (χ0) is 34.8. The summed E-state index contributed by atoms with van der Waals surface area (Å²) in [6.45, 7) is 0. The Kier molecular flexibility index (Phi) is 6.16. The molecule has 0 atom stereocenters. The summed E-state index contributed by atoms with van der Waals surface area (Å²) in [6, 6.07) is 53.7. The van der Waals surface area contributed by atoms with Gasteiger partial charge in [-0.25, -0.2) is 15.0 Å². The number of aromatic nitrogens is 4. The molecule has 0 spiro atoms. The lowest BCUT2D eigenvalue weighted by atomic mass is 9.99. The van der Waals surface area contributed by atoms with Gasteiger partial charge >= 0.3 is 0 Å². The number of benzene rings is 7. The van der Waals surface area contributed by atoms with Gasteiger partial charge in [0.05, 0.1) is 19.5 Å². The molecule has 5 heteroatoms. The molecule has 3 heterocycles. The summed E-state index contributed by atoms with van der Waals surface area (Å²) in [5, 5.41) is 4.31. The largest absolute Gasteiger partial charge is 0.308 e. The molecule has 0 aliphatic rings. The maximum Gasteiger partial charge on any atom is 0.166 e. The van der Waals surface area contributed by atoms with Crippen LogP contribution in [0.15, 0.2) is 170 Å². The fourth-order valence-corrected chi connectivity index (χ4v) is 8.23. The van der Waals surface area contributed by atoms with Crippen molar-refractivity contribution in [3.63, 3.8) is 0 Å². The van der Waals surface area contributed by atoms with E-state index in [9.17, 15) is 2.74 Å². The molecule has 0 fully saturated rings. The standard InChI is InChI=1S/C45H28N4S/c1-3-14-29(15-4-1)43-46-44(30-16-5-2-6-17-30)48-45(47-43)37-27-26-31(32-21-13-22-36-35-20-9-12-25-41(35)50-42(32)36)28-40(37)49-38-23-10-7-18-33(38)34-19-8-11-24-39(34)49/h1-28H/i23D,24D. The van der Waals surface area contributed by atoms with Crippen LogP contribution in [-0.4, -0.2) is 19.5 Å². The molecule has 10 aromatic rings. The zero-order valence-electron chi connectivity index (χ0n) is 28.7. The Morgan fingerprint density at radius 1 is 0.440 bits per heavy atom. The van der Waals surface area contributed by atoms with E-state index in [1.165, 1.54) is 20.2 Å². The van der Waals surface area contributed by atoms with Crippen LogP contribution < -0.4 is 0 Å². The summed E-state index contributed by atoms with van der Waals surface area (Å²) in [7, 11) is 0. The Morgan fingerprint density at radius 3 is 1.68 bits per heavy atom. The minimum absolute atomic E-state index is 0.377. The van der Waals surface area contributed by atoms with Gasteiger partial charge in [0, 0.05) is 47.6 Å². The highest BCUT2D eigenvalue weighted by atomic mass is 32.1. The van der Waals surface area contributed by atoms with Gasteiger partial charge in [0.2, 0.25) is 0 Å². The molecule has 0 saturated carbocycles. The lowest BCUT2D eigenvalue weighted by molar-refractivity contribution is 1.06. The lowest BCUT2D eigenvalue weighted by Crippen LogP contribution is -2.04. The van der Waals surface area contributed by atoms with Crippen molar-refractivity contribution in [1.82, 2.24) is 19.5 Å². The second-order valence-corrected chi connectivity index (χ2v) is 13.3. The van der Waals surface area contributed by atoms with Crippen LogP contribution in [0.2, 0.25) is 0 Å². The molecule has 0 saturated heterocycles. The van der Waals surface area contributed by atoms with E-state index in [1.807, 2.05) is 97.1 Å². The number of hydrogen-bond acceptors (Lipinski definition) is 4. The van der Waals surface area contributed by atoms with Gasteiger partial charge in [-0.05, 0) is 41.4 Å². The SMILES string of the molecule is [2H]c1cccc2c3cccc([2H])c3n(-c3cc(-c4cccc5c4sc4ccccc45)ccc3-c3nc(-c4ccccc4)nc(-c4ccccc4)n3)c12. The van der Waals surface area contributed by atoms with E-state index in [0.29, 0.717) is 29.6 Å². The number of thiophene rings is 1. The molecule has 0 radical (unpaired) electrons. The van der Waals surface area contributed by atoms with Gasteiger partial charge in [-0.2, -0.15) is 0 Å². The first kappa shape index (κ1) is 26.5. The molecule has 0 N–H and O–H groups in total. The highest BCUT2D eigenvalue weighted by Crippen LogP contribution is 2.42. The summed E-state index contributed by atoms with van der Waals surface area (Å²) in [4.78, 5) is 15.2. The van der Waals surface area contributed by atoms with Gasteiger partial charge in [0.1, 0.15) is 0 Å². The van der Waals surface area contributed by atoms with Crippen molar-refractivity contribution in [2.24, 2.45) is 0 Å². The second-order valence-electron chi connectivity index (χ2n) is 12.3. The molecule has 4 nitrogen and oxygen atoms in total. The Bertz CT molecular complexity index is 2870. The highest BCUT2D eigenvalue weighted by molar-refractivity contribution is 7.26. The van der Waals surface area contributed by atoms with Crippen LogP contribution in [0.25, 0.3) is 93.0 Å². The molecule has 0 amide bonds. The number of hydrogen-bond donors (Lipinski definition) is 0. The van der Waals surface area contributed by atoms with Gasteiger partial charge in [-0.3, -0.25) is 0 Å². The van der Waals surface area contributed by atoms with Crippen molar-refractivity contribution in [1.29, 1.82) is 0 Å². The van der Waals surface area contributed by atoms with E-state index < -0.39 is 0 Å². The Morgan fingerprint density at radius 2 is 1.00 bits per heavy atom. The molecular formula is C45H28N4S. The smallest absolute Gasteiger partial charge is 0.166 e. The van der Waals surface area contributed by atoms with Crippen molar-refractivity contribution in [3.8, 4) is 51.0 Å². The van der Waals surface area contributed by atoms with E-state index in [0.717, 1.165) is 55.3 Å². The summed E-state index contributed by atoms with van der Waals surface area (Å²) >= 11 is 1.80. The van der Waals surface area contributed by atoms with Crippen molar-refractivity contribution in [2.45, 2.75) is 0 Å². The van der Waals surface area contributed by atoms with Crippen LogP contribution >= 0.6 is 11.3 Å². The molecule has 234 valence electrons. The predicted octanol–water partition coefficient (Wildman–Crippen LogP) is 12.0. The van der Waals surface area contributed by atoms with Gasteiger partial charge in [0.25, 0.3) is 0 Å². The summed E-state index contributed by atoms with van der Waals surface area (Å²) in [6.07, 6.45) is 0. The molecule has 50 heavy (non-hydrogen) atoms. The summed E-state index contributed by atoms with van der Waals surface area (Å²) < 4.78 is 22.9. The van der Waals surface area contributed by atoms with Crippen molar-refractivity contribution < 1.29 is 2.74 Å². The number of rotatable bonds is 5. The average molecular weight is 659 g/mol. The lowest BCUT2D eigenvalue weighted by Gasteiger charge is -2.16. The maximum absolute atomic E-state index is 9.19. The number of para-hydroxylation sites is 2. The average Bonchev–Trinajstić information content (AvgIpc) is 3.76. The minimum atomic E-state index is 0.377. The minimum Gasteiger partial charge on any atom is -0.308 e. The Balaban J connectivity index is 1.32. The van der Waals surface area contributed by atoms with Crippen LogP contribution in [0.4, 0.5) is 0 Å². The maximum atomic E-state index is 9.19. The first-order valence-corrected chi connectivity index (χ1v) is 17.4. The monoisotopic (exact) mass is 658 g/mol. The molecule has 3 aromatic heterocycles. The fourth-order valence-electron chi connectivity index (χ4n) is 6.99. The molecule has 0 aliphatic heterocycles. The molecule has 10 rings (SSSR count). The van der Waals surface area contributed by atoms with Gasteiger partial charge in [0.15, 0.2) is 17.5 Å². The van der Waals surface area contributed by atoms with Gasteiger partial charge < -0.3 is 4.57 Å². The number of nitrogens with zero attached hydrogens (tertiary/aromatic N) is 4. The molecule has 7 aromatic carbocycles. The van der Waals surface area contributed by atoms with Crippen LogP contribution in [0, 0.1) is 0 Å². The highest BCUT2D eigenvalue weighted by Gasteiger charge is 2.21. The quantitative estimate of drug-likeness (QED) is 0.185. The second kappa shape index (κ2) is 11.6. The third-order valence-electron chi connectivity index (χ3n) is 9.30. The van der Waals surface area contributed by atoms with Gasteiger partial charge in [-0.1, -0.05) is 140 Å². The Hall–Kier alpha value is -6.43. The molecule has 0 unspecified atom stereocenters. The third kappa shape index (κ3) is 4.63. The van der Waals surface area contributed by atoms with E-state index in [4.69, 9.17) is 15.0 Å². The van der Waals surface area contributed by atoms with E-state index in [-0.39, 0.29) is 0 Å². The molecule has 0 aliphatic carbocycles. The summed E-state index contributed by atoms with van der Waals surface area (Å²) in [5.74, 6) is 1.65. The fraction of sp³-hybridized carbons (Fsp3) is 0. The van der Waals surface area contributed by atoms with Crippen LogP contribution in [0.5, 0.6) is 0 Å². The van der Waals surface area contributed by atoms with E-state index in [2.05, 4.69) is 65.2 Å². The first-order valence-electron chi connectivity index (χ1n) is 17.5.